The molecule has 1 aliphatic heterocycles. The van der Waals surface area contributed by atoms with E-state index in [0.29, 0.717) is 35.2 Å². The lowest BCUT2D eigenvalue weighted by atomic mass is 9.99. The molecule has 2 unspecified atom stereocenters. The highest BCUT2D eigenvalue weighted by atomic mass is 32.2. The molecule has 25 heavy (non-hydrogen) atoms. The summed E-state index contributed by atoms with van der Waals surface area (Å²) in [5, 5.41) is 3.88. The van der Waals surface area contributed by atoms with Crippen molar-refractivity contribution in [2.75, 3.05) is 13.1 Å². The van der Waals surface area contributed by atoms with Crippen LogP contribution in [0.4, 0.5) is 0 Å². The summed E-state index contributed by atoms with van der Waals surface area (Å²) < 4.78 is 33.2. The molecule has 1 aliphatic carbocycles. The van der Waals surface area contributed by atoms with E-state index in [1.165, 1.54) is 12.8 Å². The maximum Gasteiger partial charge on any atom is 0.243 e. The van der Waals surface area contributed by atoms with Crippen LogP contribution in [0.3, 0.4) is 0 Å². The van der Waals surface area contributed by atoms with Crippen LogP contribution in [-0.2, 0) is 10.0 Å². The van der Waals surface area contributed by atoms with Gasteiger partial charge in [0.05, 0.1) is 10.6 Å². The van der Waals surface area contributed by atoms with Crippen LogP contribution in [0, 0.1) is 25.7 Å². The summed E-state index contributed by atoms with van der Waals surface area (Å²) in [4.78, 5) is 0.322. The molecule has 0 radical (unpaired) electrons. The second-order valence-corrected chi connectivity index (χ2v) is 9.21. The van der Waals surface area contributed by atoms with Crippen molar-refractivity contribution in [1.29, 1.82) is 0 Å². The molecule has 1 aromatic heterocycles. The zero-order chi connectivity index (χ0) is 17.8. The van der Waals surface area contributed by atoms with Crippen LogP contribution in [-0.4, -0.2) is 37.0 Å². The van der Waals surface area contributed by atoms with Crippen molar-refractivity contribution in [3.05, 3.63) is 35.5 Å². The summed E-state index contributed by atoms with van der Waals surface area (Å²) >= 11 is 0. The highest BCUT2D eigenvalue weighted by Gasteiger charge is 2.44. The average molecular weight is 361 g/mol. The fourth-order valence-electron chi connectivity index (χ4n) is 3.70. The monoisotopic (exact) mass is 361 g/mol. The Morgan fingerprint density at radius 3 is 2.60 bits per heavy atom. The fraction of sp³-hybridized carbons (Fsp3) is 0.500. The Bertz CT molecular complexity index is 902. The van der Waals surface area contributed by atoms with E-state index >= 15 is 0 Å². The number of benzene rings is 1. The van der Waals surface area contributed by atoms with E-state index in [4.69, 9.17) is 10.3 Å². The number of aromatic nitrogens is 1. The molecule has 2 atom stereocenters. The quantitative estimate of drug-likeness (QED) is 0.903. The lowest BCUT2D eigenvalue weighted by molar-refractivity contribution is 0.426. The van der Waals surface area contributed by atoms with Crippen molar-refractivity contribution in [2.45, 2.75) is 37.6 Å². The third kappa shape index (κ3) is 3.01. The van der Waals surface area contributed by atoms with Crippen molar-refractivity contribution in [2.24, 2.45) is 17.6 Å². The first-order valence-corrected chi connectivity index (χ1v) is 10.1. The zero-order valence-corrected chi connectivity index (χ0v) is 15.3. The Labute approximate surface area is 148 Å². The van der Waals surface area contributed by atoms with Crippen molar-refractivity contribution < 1.29 is 12.9 Å². The first-order valence-electron chi connectivity index (χ1n) is 8.66. The molecule has 0 amide bonds. The second-order valence-electron chi connectivity index (χ2n) is 7.30. The molecule has 6 nitrogen and oxygen atoms in total. The summed E-state index contributed by atoms with van der Waals surface area (Å²) in [6, 6.07) is 7.09. The van der Waals surface area contributed by atoms with Gasteiger partial charge in [0, 0.05) is 30.8 Å². The van der Waals surface area contributed by atoms with Crippen LogP contribution in [0.25, 0.3) is 11.3 Å². The molecule has 4 rings (SSSR count). The minimum absolute atomic E-state index is 0.0670. The number of nitrogens with two attached hydrogens (primary N) is 1. The largest absolute Gasteiger partial charge is 0.356 e. The summed E-state index contributed by atoms with van der Waals surface area (Å²) in [6.45, 7) is 4.58. The van der Waals surface area contributed by atoms with Gasteiger partial charge in [-0.3, -0.25) is 0 Å². The van der Waals surface area contributed by atoms with E-state index in [-0.39, 0.29) is 12.0 Å². The third-order valence-corrected chi connectivity index (χ3v) is 7.30. The molecule has 0 spiro atoms. The molecule has 1 aromatic carbocycles. The van der Waals surface area contributed by atoms with E-state index in [1.54, 1.807) is 16.4 Å². The molecule has 2 aromatic rings. The maximum absolute atomic E-state index is 13.2. The summed E-state index contributed by atoms with van der Waals surface area (Å²) in [6.07, 6.45) is 2.34. The third-order valence-electron chi connectivity index (χ3n) is 5.32. The summed E-state index contributed by atoms with van der Waals surface area (Å²) in [7, 11) is -3.57. The Hall–Kier alpha value is -1.70. The van der Waals surface area contributed by atoms with Crippen molar-refractivity contribution in [3.8, 4) is 11.3 Å². The van der Waals surface area contributed by atoms with Gasteiger partial charge in [0.25, 0.3) is 0 Å². The molecule has 0 bridgehead atoms. The second kappa shape index (κ2) is 5.93. The number of nitrogens with zero attached hydrogens (tertiary/aromatic N) is 2. The molecule has 134 valence electrons. The Morgan fingerprint density at radius 1 is 1.20 bits per heavy atom. The zero-order valence-electron chi connectivity index (χ0n) is 14.5. The van der Waals surface area contributed by atoms with Gasteiger partial charge in [0.1, 0.15) is 0 Å². The van der Waals surface area contributed by atoms with E-state index in [9.17, 15) is 8.42 Å². The van der Waals surface area contributed by atoms with Crippen molar-refractivity contribution in [3.63, 3.8) is 0 Å². The topological polar surface area (TPSA) is 89.4 Å². The molecule has 2 N–H and O–H groups in total. The van der Waals surface area contributed by atoms with Crippen LogP contribution in [0.1, 0.15) is 24.1 Å². The van der Waals surface area contributed by atoms with Crippen LogP contribution < -0.4 is 5.73 Å². The average Bonchev–Trinajstić information content (AvgIpc) is 3.19. The van der Waals surface area contributed by atoms with Gasteiger partial charge in [0.2, 0.25) is 10.0 Å². The van der Waals surface area contributed by atoms with E-state index < -0.39 is 10.0 Å². The van der Waals surface area contributed by atoms with Crippen molar-refractivity contribution >= 4 is 10.0 Å². The van der Waals surface area contributed by atoms with E-state index in [1.807, 2.05) is 26.0 Å². The van der Waals surface area contributed by atoms with E-state index in [0.717, 1.165) is 11.3 Å². The highest BCUT2D eigenvalue weighted by Crippen LogP contribution is 2.42. The molecule has 2 heterocycles. The minimum Gasteiger partial charge on any atom is -0.356 e. The molecule has 2 aliphatic rings. The highest BCUT2D eigenvalue weighted by molar-refractivity contribution is 7.89. The minimum atomic E-state index is -3.57. The van der Waals surface area contributed by atoms with Crippen LogP contribution in [0.15, 0.2) is 33.7 Å². The van der Waals surface area contributed by atoms with Gasteiger partial charge in [-0.1, -0.05) is 17.3 Å². The van der Waals surface area contributed by atoms with Crippen LogP contribution in [0.2, 0.25) is 0 Å². The standard InChI is InChI=1S/C18H23N3O3S/c1-11-3-4-14(17-7-12(2)20-24-17)8-18(11)25(22,23)21-9-15(13-5-6-13)16(19)10-21/h3-4,7-8,13,15-16H,5-6,9-10,19H2,1-2H3. The molecule has 1 saturated heterocycles. The van der Waals surface area contributed by atoms with Gasteiger partial charge in [-0.2, -0.15) is 4.31 Å². The number of hydrogen-bond acceptors (Lipinski definition) is 5. The molecular formula is C18H23N3O3S. The fourth-order valence-corrected chi connectivity index (χ4v) is 5.47. The van der Waals surface area contributed by atoms with E-state index in [2.05, 4.69) is 5.16 Å². The first-order chi connectivity index (χ1) is 11.9. The number of hydrogen-bond donors (Lipinski definition) is 1. The van der Waals surface area contributed by atoms with Crippen LogP contribution in [0.5, 0.6) is 0 Å². The van der Waals surface area contributed by atoms with Gasteiger partial charge >= 0.3 is 0 Å². The molecule has 7 heteroatoms. The number of rotatable bonds is 4. The SMILES string of the molecule is Cc1cc(-c2ccc(C)c(S(=O)(=O)N3CC(N)C(C4CC4)C3)c2)on1. The Morgan fingerprint density at radius 2 is 1.96 bits per heavy atom. The Balaban J connectivity index is 1.68. The molecule has 1 saturated carbocycles. The smallest absolute Gasteiger partial charge is 0.243 e. The summed E-state index contributed by atoms with van der Waals surface area (Å²) in [5.74, 6) is 1.46. The Kier molecular flexibility index (Phi) is 3.97. The van der Waals surface area contributed by atoms with Crippen molar-refractivity contribution in [1.82, 2.24) is 9.46 Å². The van der Waals surface area contributed by atoms with Gasteiger partial charge < -0.3 is 10.3 Å². The first kappa shape index (κ1) is 16.8. The number of aryl methyl sites for hydroxylation is 2. The van der Waals surface area contributed by atoms with Gasteiger partial charge in [0.15, 0.2) is 5.76 Å². The predicted octanol–water partition coefficient (Wildman–Crippen LogP) is 2.32. The lowest BCUT2D eigenvalue weighted by Gasteiger charge is -2.18. The summed E-state index contributed by atoms with van der Waals surface area (Å²) in [5.41, 5.74) is 8.42. The van der Waals surface area contributed by atoms with Gasteiger partial charge in [-0.25, -0.2) is 8.42 Å². The van der Waals surface area contributed by atoms with Gasteiger partial charge in [-0.15, -0.1) is 0 Å². The lowest BCUT2D eigenvalue weighted by Crippen LogP contribution is -2.32. The van der Waals surface area contributed by atoms with Gasteiger partial charge in [-0.05, 0) is 50.2 Å². The normalized spacial score (nSPS) is 24.8. The number of sulfonamides is 1. The predicted molar refractivity (Wildman–Crippen MR) is 94.4 cm³/mol. The molecule has 2 fully saturated rings. The van der Waals surface area contributed by atoms with Crippen LogP contribution >= 0.6 is 0 Å². The molecular weight excluding hydrogens is 338 g/mol. The maximum atomic E-state index is 13.2.